The second-order valence-electron chi connectivity index (χ2n) is 11.7. The van der Waals surface area contributed by atoms with Crippen molar-refractivity contribution in [3.05, 3.63) is 121 Å². The minimum absolute atomic E-state index is 0.0313. The molecule has 4 aromatic rings. The molecule has 250 valence electrons. The van der Waals surface area contributed by atoms with Crippen LogP contribution in [0.1, 0.15) is 34.6 Å². The zero-order valence-electron chi connectivity index (χ0n) is 27.8. The molecule has 4 rings (SSSR count). The highest BCUT2D eigenvalue weighted by molar-refractivity contribution is 5.92. The predicted molar refractivity (Wildman–Crippen MR) is 185 cm³/mol. The van der Waals surface area contributed by atoms with Crippen LogP contribution in [-0.4, -0.2) is 23.9 Å². The Balaban J connectivity index is 1.62. The summed E-state index contributed by atoms with van der Waals surface area (Å²) in [6, 6.07) is 21.3. The number of ether oxygens (including phenoxy) is 4. The minimum Gasteiger partial charge on any atom is -0.422 e. The summed E-state index contributed by atoms with van der Waals surface area (Å²) in [5, 5.41) is 0. The summed E-state index contributed by atoms with van der Waals surface area (Å²) in [4.78, 5) is 48.9. The summed E-state index contributed by atoms with van der Waals surface area (Å²) in [5.41, 5.74) is 3.85. The Morgan fingerprint density at radius 1 is 0.510 bits per heavy atom. The maximum absolute atomic E-state index is 15.6. The number of carbonyl (C=O) groups excluding carboxylic acids is 4. The number of rotatable bonds is 11. The van der Waals surface area contributed by atoms with Crippen molar-refractivity contribution in [2.45, 2.75) is 34.6 Å². The van der Waals surface area contributed by atoms with Crippen molar-refractivity contribution < 1.29 is 42.5 Å². The highest BCUT2D eigenvalue weighted by Gasteiger charge is 2.19. The largest absolute Gasteiger partial charge is 0.422 e. The average molecular weight is 663 g/mol. The Kier molecular flexibility index (Phi) is 11.1. The van der Waals surface area contributed by atoms with Crippen LogP contribution in [0, 0.1) is 11.7 Å². The summed E-state index contributed by atoms with van der Waals surface area (Å²) < 4.78 is 37.2. The van der Waals surface area contributed by atoms with Crippen LogP contribution in [0.3, 0.4) is 0 Å². The van der Waals surface area contributed by atoms with Gasteiger partial charge in [0.2, 0.25) is 0 Å². The molecule has 4 aromatic carbocycles. The molecule has 0 aromatic heterocycles. The van der Waals surface area contributed by atoms with Crippen molar-refractivity contribution in [2.24, 2.45) is 5.92 Å². The minimum atomic E-state index is -0.737. The molecule has 0 N–H and O–H groups in total. The third-order valence-corrected chi connectivity index (χ3v) is 7.05. The van der Waals surface area contributed by atoms with Gasteiger partial charge in [-0.1, -0.05) is 82.1 Å². The van der Waals surface area contributed by atoms with Crippen LogP contribution in [0.15, 0.2) is 115 Å². The standard InChI is InChI=1S/C40H35FO8/c1-22(2)37(42)46-33-17-14-29(20-35(33)48-39(44)24(5)6)27-11-9-26(10-12-27)28-13-16-31(32(41)19-28)30-15-18-34(47-38(43)23(3)4)36(21-30)49-40(45)25(7)8/h9-21,24H,1,3,7H2,2,4-6,8H3. The second kappa shape index (κ2) is 15.2. The van der Waals surface area contributed by atoms with Crippen molar-refractivity contribution in [3.63, 3.8) is 0 Å². The molecule has 0 fully saturated rings. The van der Waals surface area contributed by atoms with Gasteiger partial charge in [0.1, 0.15) is 5.82 Å². The molecule has 0 saturated carbocycles. The Morgan fingerprint density at radius 3 is 1.33 bits per heavy atom. The summed E-state index contributed by atoms with van der Waals surface area (Å²) in [6.07, 6.45) is 0. The zero-order chi connectivity index (χ0) is 36.0. The number of carbonyl (C=O) groups is 4. The van der Waals surface area contributed by atoms with Gasteiger partial charge >= 0.3 is 23.9 Å². The fourth-order valence-corrected chi connectivity index (χ4v) is 4.26. The summed E-state index contributed by atoms with van der Waals surface area (Å²) in [5.74, 6) is -3.47. The van der Waals surface area contributed by atoms with Crippen LogP contribution in [0.25, 0.3) is 33.4 Å². The summed E-state index contributed by atoms with van der Waals surface area (Å²) in [7, 11) is 0. The van der Waals surface area contributed by atoms with Gasteiger partial charge in [-0.2, -0.15) is 0 Å². The Labute approximate surface area is 284 Å². The van der Waals surface area contributed by atoms with E-state index in [1.807, 2.05) is 24.3 Å². The number of hydrogen-bond donors (Lipinski definition) is 0. The topological polar surface area (TPSA) is 105 Å². The fraction of sp³-hybridized carbons (Fsp3) is 0.150. The van der Waals surface area contributed by atoms with Crippen LogP contribution in [0.2, 0.25) is 0 Å². The zero-order valence-corrected chi connectivity index (χ0v) is 27.8. The first-order valence-corrected chi connectivity index (χ1v) is 15.2. The van der Waals surface area contributed by atoms with Crippen LogP contribution in [0.4, 0.5) is 4.39 Å². The van der Waals surface area contributed by atoms with Crippen molar-refractivity contribution in [3.8, 4) is 56.4 Å². The number of hydrogen-bond acceptors (Lipinski definition) is 8. The molecule has 0 amide bonds. The molecule has 0 radical (unpaired) electrons. The normalized spacial score (nSPS) is 10.6. The van der Waals surface area contributed by atoms with Gasteiger partial charge < -0.3 is 18.9 Å². The summed E-state index contributed by atoms with van der Waals surface area (Å²) in [6.45, 7) is 18.6. The molecule has 0 unspecified atom stereocenters. The lowest BCUT2D eigenvalue weighted by Crippen LogP contribution is -2.16. The highest BCUT2D eigenvalue weighted by Crippen LogP contribution is 2.37. The molecule has 0 aliphatic carbocycles. The van der Waals surface area contributed by atoms with E-state index in [-0.39, 0.29) is 45.3 Å². The highest BCUT2D eigenvalue weighted by atomic mass is 19.1. The first kappa shape index (κ1) is 35.8. The number of benzene rings is 4. The van der Waals surface area contributed by atoms with Crippen molar-refractivity contribution >= 4 is 23.9 Å². The molecule has 0 saturated heterocycles. The Bertz CT molecular complexity index is 2000. The molecular weight excluding hydrogens is 627 g/mol. The molecule has 0 heterocycles. The van der Waals surface area contributed by atoms with E-state index in [9.17, 15) is 19.2 Å². The van der Waals surface area contributed by atoms with E-state index in [1.54, 1.807) is 50.2 Å². The smallest absolute Gasteiger partial charge is 0.338 e. The van der Waals surface area contributed by atoms with Crippen LogP contribution < -0.4 is 18.9 Å². The van der Waals surface area contributed by atoms with E-state index >= 15 is 4.39 Å². The number of halogens is 1. The predicted octanol–water partition coefficient (Wildman–Crippen LogP) is 8.83. The van der Waals surface area contributed by atoms with Crippen molar-refractivity contribution in [2.75, 3.05) is 0 Å². The van der Waals surface area contributed by atoms with Crippen LogP contribution >= 0.6 is 0 Å². The lowest BCUT2D eigenvalue weighted by molar-refractivity contribution is -0.138. The third kappa shape index (κ3) is 8.84. The Morgan fingerprint density at radius 2 is 0.878 bits per heavy atom. The van der Waals surface area contributed by atoms with Crippen LogP contribution in [0.5, 0.6) is 23.0 Å². The molecule has 49 heavy (non-hydrogen) atoms. The van der Waals surface area contributed by atoms with Crippen LogP contribution in [-0.2, 0) is 19.2 Å². The van der Waals surface area contributed by atoms with Gasteiger partial charge in [-0.3, -0.25) is 4.79 Å². The van der Waals surface area contributed by atoms with Crippen molar-refractivity contribution in [1.29, 1.82) is 0 Å². The van der Waals surface area contributed by atoms with Crippen molar-refractivity contribution in [1.82, 2.24) is 0 Å². The van der Waals surface area contributed by atoms with E-state index in [1.165, 1.54) is 39.0 Å². The lowest BCUT2D eigenvalue weighted by atomic mass is 9.97. The molecular formula is C40H35FO8. The summed E-state index contributed by atoms with van der Waals surface area (Å²) >= 11 is 0. The van der Waals surface area contributed by atoms with Gasteiger partial charge in [-0.05, 0) is 78.9 Å². The monoisotopic (exact) mass is 662 g/mol. The third-order valence-electron chi connectivity index (χ3n) is 7.05. The molecule has 8 nitrogen and oxygen atoms in total. The van der Waals surface area contributed by atoms with Gasteiger partial charge in [-0.25, -0.2) is 18.8 Å². The fourth-order valence-electron chi connectivity index (χ4n) is 4.26. The van der Waals surface area contributed by atoms with E-state index in [0.29, 0.717) is 16.7 Å². The first-order valence-electron chi connectivity index (χ1n) is 15.2. The molecule has 0 spiro atoms. The van der Waals surface area contributed by atoms with Gasteiger partial charge in [0.15, 0.2) is 23.0 Å². The molecule has 0 bridgehead atoms. The maximum atomic E-state index is 15.6. The number of esters is 4. The van der Waals surface area contributed by atoms with Gasteiger partial charge in [0.05, 0.1) is 5.92 Å². The molecule has 0 atom stereocenters. The SMILES string of the molecule is C=C(C)C(=O)Oc1ccc(-c2ccc(-c3ccc(-c4ccc(OC(=O)C(=C)C)c(OC(=O)C(C)C)c4)cc3)cc2F)cc1OC(=O)C(=C)C. The van der Waals surface area contributed by atoms with Gasteiger partial charge in [0, 0.05) is 22.3 Å². The molecule has 9 heteroatoms. The van der Waals surface area contributed by atoms with Gasteiger partial charge in [-0.15, -0.1) is 0 Å². The maximum Gasteiger partial charge on any atom is 0.338 e. The van der Waals surface area contributed by atoms with Gasteiger partial charge in [0.25, 0.3) is 0 Å². The lowest BCUT2D eigenvalue weighted by Gasteiger charge is -2.14. The Hall–Kier alpha value is -6.09. The van der Waals surface area contributed by atoms with E-state index in [0.717, 1.165) is 11.1 Å². The average Bonchev–Trinajstić information content (AvgIpc) is 3.06. The van der Waals surface area contributed by atoms with E-state index in [4.69, 9.17) is 18.9 Å². The second-order valence-corrected chi connectivity index (χ2v) is 11.7. The molecule has 0 aliphatic heterocycles. The first-order chi connectivity index (χ1) is 23.1. The quantitative estimate of drug-likeness (QED) is 0.0891. The van der Waals surface area contributed by atoms with E-state index < -0.39 is 35.6 Å². The van der Waals surface area contributed by atoms with E-state index in [2.05, 4.69) is 19.7 Å². The molecule has 0 aliphatic rings.